The van der Waals surface area contributed by atoms with Crippen molar-refractivity contribution in [2.45, 2.75) is 6.42 Å². The second kappa shape index (κ2) is 10.4. The third kappa shape index (κ3) is 4.63. The first kappa shape index (κ1) is 23.8. The summed E-state index contributed by atoms with van der Waals surface area (Å²) in [5, 5.41) is 15.5. The lowest BCUT2D eigenvalue weighted by molar-refractivity contribution is 0.0739. The molecule has 0 spiro atoms. The fourth-order valence-electron chi connectivity index (χ4n) is 4.28. The van der Waals surface area contributed by atoms with E-state index in [1.54, 1.807) is 46.2 Å². The van der Waals surface area contributed by atoms with E-state index in [9.17, 15) is 10.1 Å². The van der Waals surface area contributed by atoms with E-state index in [2.05, 4.69) is 16.0 Å². The Morgan fingerprint density at radius 2 is 1.64 bits per heavy atom. The smallest absolute Gasteiger partial charge is 0.274 e. The summed E-state index contributed by atoms with van der Waals surface area (Å²) in [7, 11) is 0. The van der Waals surface area contributed by atoms with E-state index in [0.717, 1.165) is 5.56 Å². The summed E-state index contributed by atoms with van der Waals surface area (Å²) >= 11 is 12.7. The summed E-state index contributed by atoms with van der Waals surface area (Å²) in [6.45, 7) is 2.16. The number of anilines is 1. The normalized spacial score (nSPS) is 13.5. The van der Waals surface area contributed by atoms with Gasteiger partial charge in [-0.1, -0.05) is 47.5 Å². The molecule has 0 atom stereocenters. The van der Waals surface area contributed by atoms with E-state index in [0.29, 0.717) is 59.1 Å². The van der Waals surface area contributed by atoms with Crippen LogP contribution < -0.4 is 4.90 Å². The lowest BCUT2D eigenvalue weighted by Crippen LogP contribution is -2.49. The lowest BCUT2D eigenvalue weighted by Gasteiger charge is -2.34. The van der Waals surface area contributed by atoms with Crippen LogP contribution in [0.25, 0.3) is 16.9 Å². The predicted octanol–water partition coefficient (Wildman–Crippen LogP) is 4.66. The third-order valence-electron chi connectivity index (χ3n) is 6.04. The number of benzene rings is 2. The number of para-hydroxylation sites is 1. The maximum atomic E-state index is 13.7. The second-order valence-electron chi connectivity index (χ2n) is 8.21. The second-order valence-corrected chi connectivity index (χ2v) is 9.05. The molecule has 36 heavy (non-hydrogen) atoms. The van der Waals surface area contributed by atoms with Crippen molar-refractivity contribution < 1.29 is 4.79 Å². The van der Waals surface area contributed by atoms with Crippen LogP contribution in [0, 0.1) is 11.3 Å². The molecule has 10 heteroatoms. The molecule has 1 aliphatic heterocycles. The zero-order chi connectivity index (χ0) is 25.1. The molecule has 1 saturated heterocycles. The highest BCUT2D eigenvalue weighted by molar-refractivity contribution is 6.32. The topological polar surface area (TPSA) is 90.9 Å². The minimum atomic E-state index is -0.227. The highest BCUT2D eigenvalue weighted by Gasteiger charge is 2.30. The van der Waals surface area contributed by atoms with Crippen LogP contribution in [-0.2, 0) is 6.42 Å². The number of carbonyl (C=O) groups is 1. The molecule has 1 fully saturated rings. The Balaban J connectivity index is 1.54. The van der Waals surface area contributed by atoms with Crippen LogP contribution in [0.2, 0.25) is 10.0 Å². The predicted molar refractivity (Wildman–Crippen MR) is 138 cm³/mol. The number of amides is 1. The van der Waals surface area contributed by atoms with Gasteiger partial charge in [0, 0.05) is 54.7 Å². The van der Waals surface area contributed by atoms with Crippen molar-refractivity contribution in [1.82, 2.24) is 24.6 Å². The number of hydrogen-bond donors (Lipinski definition) is 0. The first-order valence-corrected chi connectivity index (χ1v) is 12.1. The summed E-state index contributed by atoms with van der Waals surface area (Å²) in [4.78, 5) is 26.1. The molecule has 2 aromatic carbocycles. The van der Waals surface area contributed by atoms with Gasteiger partial charge in [-0.05, 0) is 30.3 Å². The highest BCUT2D eigenvalue weighted by Crippen LogP contribution is 2.33. The summed E-state index contributed by atoms with van der Waals surface area (Å²) in [6.07, 6.45) is 3.42. The molecular formula is C26H21Cl2N7O. The summed E-state index contributed by atoms with van der Waals surface area (Å²) in [6, 6.07) is 18.5. The van der Waals surface area contributed by atoms with Crippen molar-refractivity contribution in [2.75, 3.05) is 31.1 Å². The van der Waals surface area contributed by atoms with Gasteiger partial charge in [0.25, 0.3) is 5.91 Å². The number of rotatable bonds is 5. The highest BCUT2D eigenvalue weighted by atomic mass is 35.5. The maximum absolute atomic E-state index is 13.7. The van der Waals surface area contributed by atoms with Gasteiger partial charge >= 0.3 is 0 Å². The van der Waals surface area contributed by atoms with Crippen LogP contribution in [0.1, 0.15) is 16.1 Å². The molecule has 0 aliphatic carbocycles. The van der Waals surface area contributed by atoms with Crippen molar-refractivity contribution in [3.63, 3.8) is 0 Å². The van der Waals surface area contributed by atoms with Gasteiger partial charge in [-0.25, -0.2) is 14.6 Å². The van der Waals surface area contributed by atoms with E-state index in [4.69, 9.17) is 28.3 Å². The third-order valence-corrected chi connectivity index (χ3v) is 6.61. The molecule has 1 amide bonds. The minimum absolute atomic E-state index is 0.0152. The van der Waals surface area contributed by atoms with Gasteiger partial charge in [-0.15, -0.1) is 0 Å². The fraction of sp³-hybridized carbons (Fsp3) is 0.192. The van der Waals surface area contributed by atoms with E-state index in [1.807, 2.05) is 35.2 Å². The number of nitriles is 1. The Hall–Kier alpha value is -3.93. The Morgan fingerprint density at radius 3 is 2.31 bits per heavy atom. The molecule has 0 bridgehead atoms. The molecule has 3 heterocycles. The largest absolute Gasteiger partial charge is 0.337 e. The number of halogens is 2. The zero-order valence-corrected chi connectivity index (χ0v) is 20.7. The lowest BCUT2D eigenvalue weighted by atomic mass is 10.0. The molecule has 5 rings (SSSR count). The molecular weight excluding hydrogens is 497 g/mol. The number of hydrogen-bond acceptors (Lipinski definition) is 6. The standard InChI is InChI=1S/C26H21Cl2N7O/c27-19-8-6-18(7-9-19)24-20(10-11-29)23(32-35(24)22-5-2-1-4-21(22)28)25(36)33-14-16-34(17-15-33)26-30-12-3-13-31-26/h1-9,12-13H,10,14-17H2. The van der Waals surface area contributed by atoms with E-state index in [-0.39, 0.29) is 18.0 Å². The van der Waals surface area contributed by atoms with Gasteiger partial charge in [-0.3, -0.25) is 4.79 Å². The molecule has 2 aromatic heterocycles. The first-order chi connectivity index (χ1) is 17.6. The van der Waals surface area contributed by atoms with Crippen LogP contribution in [-0.4, -0.2) is 56.7 Å². The van der Waals surface area contributed by atoms with Gasteiger partial charge in [0.1, 0.15) is 0 Å². The molecule has 0 N–H and O–H groups in total. The van der Waals surface area contributed by atoms with Gasteiger partial charge < -0.3 is 9.80 Å². The quantitative estimate of drug-likeness (QED) is 0.382. The van der Waals surface area contributed by atoms with Gasteiger partial charge in [0.2, 0.25) is 5.95 Å². The molecule has 0 unspecified atom stereocenters. The zero-order valence-electron chi connectivity index (χ0n) is 19.2. The monoisotopic (exact) mass is 517 g/mol. The Labute approximate surface area is 218 Å². The van der Waals surface area contributed by atoms with E-state index in [1.165, 1.54) is 0 Å². The SMILES string of the molecule is N#CCc1c(C(=O)N2CCN(c3ncccn3)CC2)nn(-c2ccccc2Cl)c1-c1ccc(Cl)cc1. The number of nitrogens with zero attached hydrogens (tertiary/aromatic N) is 7. The van der Waals surface area contributed by atoms with Gasteiger partial charge in [0.05, 0.1) is 28.9 Å². The van der Waals surface area contributed by atoms with Crippen molar-refractivity contribution in [3.05, 3.63) is 88.3 Å². The number of carbonyl (C=O) groups excluding carboxylic acids is 1. The molecule has 0 saturated carbocycles. The van der Waals surface area contributed by atoms with Crippen molar-refractivity contribution in [3.8, 4) is 23.0 Å². The van der Waals surface area contributed by atoms with Crippen LogP contribution in [0.5, 0.6) is 0 Å². The molecule has 4 aromatic rings. The molecule has 1 aliphatic rings. The summed E-state index contributed by atoms with van der Waals surface area (Å²) in [5.74, 6) is 0.415. The van der Waals surface area contributed by atoms with Gasteiger partial charge in [0.15, 0.2) is 5.69 Å². The average molecular weight is 518 g/mol. The van der Waals surface area contributed by atoms with Crippen LogP contribution in [0.15, 0.2) is 67.0 Å². The van der Waals surface area contributed by atoms with E-state index < -0.39 is 0 Å². The van der Waals surface area contributed by atoms with Crippen LogP contribution in [0.4, 0.5) is 5.95 Å². The average Bonchev–Trinajstić information content (AvgIpc) is 3.28. The Morgan fingerprint density at radius 1 is 0.944 bits per heavy atom. The Bertz CT molecular complexity index is 1420. The maximum Gasteiger partial charge on any atom is 0.274 e. The summed E-state index contributed by atoms with van der Waals surface area (Å²) in [5.41, 5.74) is 2.83. The van der Waals surface area contributed by atoms with Gasteiger partial charge in [-0.2, -0.15) is 10.4 Å². The minimum Gasteiger partial charge on any atom is -0.337 e. The van der Waals surface area contributed by atoms with Crippen LogP contribution >= 0.6 is 23.2 Å². The first-order valence-electron chi connectivity index (χ1n) is 11.4. The summed E-state index contributed by atoms with van der Waals surface area (Å²) < 4.78 is 1.65. The molecule has 8 nitrogen and oxygen atoms in total. The van der Waals surface area contributed by atoms with Crippen molar-refractivity contribution in [1.29, 1.82) is 5.26 Å². The van der Waals surface area contributed by atoms with Crippen LogP contribution in [0.3, 0.4) is 0 Å². The molecule has 180 valence electrons. The Kier molecular flexibility index (Phi) is 6.85. The number of piperazine rings is 1. The van der Waals surface area contributed by atoms with Crippen molar-refractivity contribution in [2.24, 2.45) is 0 Å². The fourth-order valence-corrected chi connectivity index (χ4v) is 4.63. The van der Waals surface area contributed by atoms with E-state index >= 15 is 0 Å². The van der Waals surface area contributed by atoms with Crippen molar-refractivity contribution >= 4 is 35.1 Å². The molecule has 0 radical (unpaired) electrons. The number of aromatic nitrogens is 4.